The minimum atomic E-state index is -0.891. The summed E-state index contributed by atoms with van der Waals surface area (Å²) in [6, 6.07) is 9.26. The highest BCUT2D eigenvalue weighted by atomic mass is 16.3. The molecule has 2 atom stereocenters. The van der Waals surface area contributed by atoms with E-state index in [9.17, 15) is 15.0 Å². The second-order valence-electron chi connectivity index (χ2n) is 5.17. The predicted octanol–water partition coefficient (Wildman–Crippen LogP) is 0.454. The van der Waals surface area contributed by atoms with Crippen LogP contribution in [0.4, 0.5) is 5.69 Å². The molecule has 2 heterocycles. The largest absolute Gasteiger partial charge is 0.388 e. The summed E-state index contributed by atoms with van der Waals surface area (Å²) < 4.78 is 0. The predicted molar refractivity (Wildman–Crippen MR) is 79.2 cm³/mol. The van der Waals surface area contributed by atoms with Crippen LogP contribution in [0, 0.1) is 0 Å². The number of hydrogen-bond acceptors (Lipinski definition) is 5. The summed E-state index contributed by atoms with van der Waals surface area (Å²) >= 11 is 0. The van der Waals surface area contributed by atoms with Crippen molar-refractivity contribution in [2.45, 2.75) is 12.2 Å². The third-order valence-electron chi connectivity index (χ3n) is 3.75. The molecule has 1 amide bonds. The average molecular weight is 287 g/mol. The number of fused-ring (bicyclic) bond motifs is 1. The van der Waals surface area contributed by atoms with Crippen LogP contribution in [0.1, 0.15) is 10.5 Å². The maximum Gasteiger partial charge on any atom is 0.272 e. The van der Waals surface area contributed by atoms with Crippen molar-refractivity contribution in [1.29, 1.82) is 0 Å². The first-order valence-electron chi connectivity index (χ1n) is 6.83. The lowest BCUT2D eigenvalue weighted by Gasteiger charge is -2.16. The summed E-state index contributed by atoms with van der Waals surface area (Å²) in [7, 11) is 1.79. The van der Waals surface area contributed by atoms with Crippen LogP contribution in [0.3, 0.4) is 0 Å². The standard InChI is InChI=1S/C15H17N3O3/c1-16-11-6-12(17-10-5-3-2-4-9(10)11)15(21)18-7-13(19)14(20)8-18/h2-6,13-14,19-20H,7-8H2,1H3,(H,16,17). The van der Waals surface area contributed by atoms with E-state index in [0.29, 0.717) is 5.69 Å². The van der Waals surface area contributed by atoms with Crippen LogP contribution in [0.25, 0.3) is 10.9 Å². The highest BCUT2D eigenvalue weighted by Gasteiger charge is 2.33. The second-order valence-corrected chi connectivity index (χ2v) is 5.17. The van der Waals surface area contributed by atoms with E-state index in [0.717, 1.165) is 16.6 Å². The van der Waals surface area contributed by atoms with Crippen LogP contribution in [-0.4, -0.2) is 58.3 Å². The van der Waals surface area contributed by atoms with Crippen molar-refractivity contribution in [2.75, 3.05) is 25.5 Å². The van der Waals surface area contributed by atoms with Gasteiger partial charge in [-0.3, -0.25) is 4.79 Å². The lowest BCUT2D eigenvalue weighted by molar-refractivity contribution is 0.0572. The normalized spacial score (nSPS) is 21.8. The Labute approximate surface area is 122 Å². The van der Waals surface area contributed by atoms with Gasteiger partial charge in [-0.2, -0.15) is 0 Å². The third kappa shape index (κ3) is 2.43. The molecule has 1 aliphatic heterocycles. The number of amides is 1. The summed E-state index contributed by atoms with van der Waals surface area (Å²) in [5.41, 5.74) is 1.86. The zero-order valence-electron chi connectivity index (χ0n) is 11.7. The Balaban J connectivity index is 1.99. The smallest absolute Gasteiger partial charge is 0.272 e. The molecule has 1 fully saturated rings. The number of aliphatic hydroxyl groups excluding tert-OH is 2. The van der Waals surface area contributed by atoms with Gasteiger partial charge in [-0.05, 0) is 12.1 Å². The van der Waals surface area contributed by atoms with Crippen molar-refractivity contribution in [2.24, 2.45) is 0 Å². The molecule has 0 aliphatic carbocycles. The zero-order chi connectivity index (χ0) is 15.0. The average Bonchev–Trinajstić information content (AvgIpc) is 2.84. The Morgan fingerprint density at radius 2 is 1.95 bits per heavy atom. The third-order valence-corrected chi connectivity index (χ3v) is 3.75. The molecule has 3 N–H and O–H groups in total. The van der Waals surface area contributed by atoms with Gasteiger partial charge in [-0.15, -0.1) is 0 Å². The van der Waals surface area contributed by atoms with Crippen LogP contribution in [0.15, 0.2) is 30.3 Å². The summed E-state index contributed by atoms with van der Waals surface area (Å²) in [5.74, 6) is -0.284. The van der Waals surface area contributed by atoms with Crippen LogP contribution in [0.5, 0.6) is 0 Å². The Morgan fingerprint density at radius 1 is 1.29 bits per heavy atom. The minimum absolute atomic E-state index is 0.128. The van der Waals surface area contributed by atoms with Gasteiger partial charge < -0.3 is 20.4 Å². The molecule has 2 aromatic rings. The van der Waals surface area contributed by atoms with Gasteiger partial charge in [-0.25, -0.2) is 4.98 Å². The molecule has 6 heteroatoms. The number of rotatable bonds is 2. The van der Waals surface area contributed by atoms with E-state index in [1.165, 1.54) is 4.90 Å². The molecule has 0 saturated carbocycles. The summed E-state index contributed by atoms with van der Waals surface area (Å²) in [6.45, 7) is 0.257. The molecule has 0 spiro atoms. The molecule has 0 bridgehead atoms. The van der Waals surface area contributed by atoms with Crippen molar-refractivity contribution < 1.29 is 15.0 Å². The lowest BCUT2D eigenvalue weighted by atomic mass is 10.1. The fourth-order valence-electron chi connectivity index (χ4n) is 2.59. The van der Waals surface area contributed by atoms with Gasteiger partial charge in [0.2, 0.25) is 0 Å². The topological polar surface area (TPSA) is 85.7 Å². The van der Waals surface area contributed by atoms with Gasteiger partial charge in [-0.1, -0.05) is 18.2 Å². The first-order chi connectivity index (χ1) is 10.1. The number of para-hydroxylation sites is 1. The fourth-order valence-corrected chi connectivity index (χ4v) is 2.59. The van der Waals surface area contributed by atoms with E-state index < -0.39 is 12.2 Å². The Kier molecular flexibility index (Phi) is 3.48. The molecule has 0 radical (unpaired) electrons. The molecule has 1 aromatic heterocycles. The van der Waals surface area contributed by atoms with Gasteiger partial charge in [0, 0.05) is 31.2 Å². The number of aliphatic hydroxyl groups is 2. The Bertz CT molecular complexity index is 679. The first-order valence-corrected chi connectivity index (χ1v) is 6.83. The van der Waals surface area contributed by atoms with E-state index in [2.05, 4.69) is 10.3 Å². The van der Waals surface area contributed by atoms with Gasteiger partial charge in [0.1, 0.15) is 5.69 Å². The summed E-state index contributed by atoms with van der Waals surface area (Å²) in [4.78, 5) is 18.3. The highest BCUT2D eigenvalue weighted by Crippen LogP contribution is 2.24. The molecule has 1 aliphatic rings. The number of nitrogens with one attached hydrogen (secondary N) is 1. The number of hydrogen-bond donors (Lipinski definition) is 3. The van der Waals surface area contributed by atoms with Crippen molar-refractivity contribution >= 4 is 22.5 Å². The van der Waals surface area contributed by atoms with Crippen LogP contribution in [-0.2, 0) is 0 Å². The number of likely N-dealkylation sites (tertiary alicyclic amines) is 1. The quantitative estimate of drug-likeness (QED) is 0.747. The van der Waals surface area contributed by atoms with E-state index in [4.69, 9.17) is 0 Å². The van der Waals surface area contributed by atoms with E-state index in [1.807, 2.05) is 24.3 Å². The molecular weight excluding hydrogens is 270 g/mol. The Morgan fingerprint density at radius 3 is 2.62 bits per heavy atom. The number of β-amino-alcohol motifs (C(OH)–C–C–N with tert-alkyl or cyclic N) is 2. The number of benzene rings is 1. The van der Waals surface area contributed by atoms with Crippen LogP contribution in [0.2, 0.25) is 0 Å². The van der Waals surface area contributed by atoms with Crippen LogP contribution >= 0.6 is 0 Å². The molecule has 1 aromatic carbocycles. The number of anilines is 1. The summed E-state index contributed by atoms with van der Waals surface area (Å²) in [6.07, 6.45) is -1.78. The van der Waals surface area contributed by atoms with Crippen molar-refractivity contribution in [3.8, 4) is 0 Å². The maximum atomic E-state index is 12.5. The Hall–Kier alpha value is -2.18. The molecule has 21 heavy (non-hydrogen) atoms. The first kappa shape index (κ1) is 13.8. The minimum Gasteiger partial charge on any atom is -0.388 e. The van der Waals surface area contributed by atoms with E-state index in [-0.39, 0.29) is 19.0 Å². The molecule has 3 rings (SSSR count). The van der Waals surface area contributed by atoms with Crippen molar-refractivity contribution in [1.82, 2.24) is 9.88 Å². The number of carbonyl (C=O) groups excluding carboxylic acids is 1. The zero-order valence-corrected chi connectivity index (χ0v) is 11.7. The molecule has 6 nitrogen and oxygen atoms in total. The summed E-state index contributed by atoms with van der Waals surface area (Å²) in [5, 5.41) is 23.1. The van der Waals surface area contributed by atoms with Gasteiger partial charge in [0.25, 0.3) is 5.91 Å². The molecular formula is C15H17N3O3. The van der Waals surface area contributed by atoms with Gasteiger partial charge >= 0.3 is 0 Å². The SMILES string of the molecule is CNc1cc(C(=O)N2CC(O)C(O)C2)nc2ccccc12. The molecule has 1 saturated heterocycles. The molecule has 110 valence electrons. The van der Waals surface area contributed by atoms with Gasteiger partial charge in [0.05, 0.1) is 17.7 Å². The van der Waals surface area contributed by atoms with Crippen molar-refractivity contribution in [3.05, 3.63) is 36.0 Å². The van der Waals surface area contributed by atoms with Gasteiger partial charge in [0.15, 0.2) is 0 Å². The van der Waals surface area contributed by atoms with Crippen molar-refractivity contribution in [3.63, 3.8) is 0 Å². The number of pyridine rings is 1. The number of nitrogens with zero attached hydrogens (tertiary/aromatic N) is 2. The van der Waals surface area contributed by atoms with E-state index >= 15 is 0 Å². The monoisotopic (exact) mass is 287 g/mol. The maximum absolute atomic E-state index is 12.5. The number of carbonyl (C=O) groups is 1. The van der Waals surface area contributed by atoms with E-state index in [1.54, 1.807) is 13.1 Å². The fraction of sp³-hybridized carbons (Fsp3) is 0.333. The molecule has 2 unspecified atom stereocenters. The lowest BCUT2D eigenvalue weighted by Crippen LogP contribution is -2.30. The highest BCUT2D eigenvalue weighted by molar-refractivity contribution is 5.99. The second kappa shape index (κ2) is 5.31. The van der Waals surface area contributed by atoms with Crippen LogP contribution < -0.4 is 5.32 Å². The number of aromatic nitrogens is 1.